The third-order valence-electron chi connectivity index (χ3n) is 5.10. The minimum Gasteiger partial charge on any atom is -0.493 e. The second kappa shape index (κ2) is 9.58. The molecule has 1 aromatic carbocycles. The lowest BCUT2D eigenvalue weighted by Crippen LogP contribution is -2.54. The molecule has 0 N–H and O–H groups in total. The first kappa shape index (κ1) is 19.5. The summed E-state index contributed by atoms with van der Waals surface area (Å²) in [5, 5.41) is 0. The highest BCUT2D eigenvalue weighted by Gasteiger charge is 2.38. The van der Waals surface area contributed by atoms with Gasteiger partial charge in [0.1, 0.15) is 11.5 Å². The Morgan fingerprint density at radius 1 is 1.04 bits per heavy atom. The zero-order chi connectivity index (χ0) is 18.2. The van der Waals surface area contributed by atoms with Gasteiger partial charge in [-0.25, -0.2) is 0 Å². The van der Waals surface area contributed by atoms with E-state index in [1.807, 2.05) is 6.07 Å². The molecule has 0 unspecified atom stereocenters. The fourth-order valence-corrected chi connectivity index (χ4v) is 3.67. The third-order valence-corrected chi connectivity index (χ3v) is 5.10. The Kier molecular flexibility index (Phi) is 7.17. The van der Waals surface area contributed by atoms with E-state index >= 15 is 0 Å². The van der Waals surface area contributed by atoms with Crippen molar-refractivity contribution in [1.82, 2.24) is 4.90 Å². The van der Waals surface area contributed by atoms with E-state index in [2.05, 4.69) is 30.9 Å². The summed E-state index contributed by atoms with van der Waals surface area (Å²) in [5.74, 6) is 1.84. The summed E-state index contributed by atoms with van der Waals surface area (Å²) in [6.45, 7) is 10.9. The van der Waals surface area contributed by atoms with Gasteiger partial charge in [0.2, 0.25) is 0 Å². The van der Waals surface area contributed by atoms with Gasteiger partial charge >= 0.3 is 0 Å². The van der Waals surface area contributed by atoms with Crippen LogP contribution in [-0.2, 0) is 16.0 Å². The average molecular weight is 363 g/mol. The molecule has 1 spiro atoms. The minimum atomic E-state index is -0.0227. The Bertz CT molecular complexity index is 551. The van der Waals surface area contributed by atoms with Gasteiger partial charge in [0.15, 0.2) is 0 Å². The summed E-state index contributed by atoms with van der Waals surface area (Å²) in [5.41, 5.74) is 1.21. The van der Waals surface area contributed by atoms with Crippen molar-refractivity contribution in [2.24, 2.45) is 0 Å². The number of rotatable bonds is 8. The topological polar surface area (TPSA) is 40.2 Å². The third kappa shape index (κ3) is 5.12. The lowest BCUT2D eigenvalue weighted by Gasteiger charge is -2.45. The molecule has 2 aliphatic rings. The molecule has 1 aromatic rings. The summed E-state index contributed by atoms with van der Waals surface area (Å²) in [7, 11) is 0. The Hall–Kier alpha value is -1.30. The summed E-state index contributed by atoms with van der Waals surface area (Å²) in [4.78, 5) is 2.50. The first-order valence-electron chi connectivity index (χ1n) is 10.1. The van der Waals surface area contributed by atoms with E-state index < -0.39 is 0 Å². The predicted molar refractivity (Wildman–Crippen MR) is 102 cm³/mol. The van der Waals surface area contributed by atoms with Gasteiger partial charge in [-0.1, -0.05) is 19.9 Å². The van der Waals surface area contributed by atoms with Crippen LogP contribution in [0.4, 0.5) is 0 Å². The zero-order valence-electron chi connectivity index (χ0n) is 16.3. The smallest absolute Gasteiger partial charge is 0.127 e. The van der Waals surface area contributed by atoms with Crippen LogP contribution in [0.3, 0.4) is 0 Å². The molecule has 0 aromatic heterocycles. The molecule has 2 aliphatic heterocycles. The molecule has 146 valence electrons. The Balaban J connectivity index is 1.68. The van der Waals surface area contributed by atoms with Crippen LogP contribution in [0.5, 0.6) is 11.5 Å². The van der Waals surface area contributed by atoms with Gasteiger partial charge in [0, 0.05) is 57.3 Å². The van der Waals surface area contributed by atoms with Crippen molar-refractivity contribution in [3.05, 3.63) is 23.8 Å². The van der Waals surface area contributed by atoms with Crippen LogP contribution in [-0.4, -0.2) is 56.6 Å². The number of benzene rings is 1. The number of hydrogen-bond donors (Lipinski definition) is 0. The molecule has 3 rings (SSSR count). The van der Waals surface area contributed by atoms with Crippen molar-refractivity contribution in [2.75, 3.05) is 46.1 Å². The standard InChI is InChI=1S/C21H33NO4/c1-3-10-24-19-6-5-18(20(15-19)25-11-4-2)16-22-9-14-26-21(17-22)7-12-23-13-8-21/h5-6,15H,3-4,7-14,16-17H2,1-2H3. The Morgan fingerprint density at radius 2 is 1.81 bits per heavy atom. The number of nitrogens with zero attached hydrogens (tertiary/aromatic N) is 1. The zero-order valence-corrected chi connectivity index (χ0v) is 16.3. The van der Waals surface area contributed by atoms with E-state index in [9.17, 15) is 0 Å². The van der Waals surface area contributed by atoms with Crippen LogP contribution in [0.2, 0.25) is 0 Å². The lowest BCUT2D eigenvalue weighted by molar-refractivity contribution is -0.155. The van der Waals surface area contributed by atoms with E-state index in [1.54, 1.807) is 0 Å². The molecular formula is C21H33NO4. The van der Waals surface area contributed by atoms with Gasteiger partial charge in [0.05, 0.1) is 25.4 Å². The molecule has 0 bridgehead atoms. The highest BCUT2D eigenvalue weighted by atomic mass is 16.5. The molecule has 0 atom stereocenters. The molecule has 0 aliphatic carbocycles. The molecule has 2 saturated heterocycles. The molecule has 26 heavy (non-hydrogen) atoms. The van der Waals surface area contributed by atoms with E-state index in [-0.39, 0.29) is 5.60 Å². The molecule has 2 fully saturated rings. The SMILES string of the molecule is CCCOc1ccc(CN2CCOC3(CCOCC3)C2)c(OCCC)c1. The van der Waals surface area contributed by atoms with E-state index in [4.69, 9.17) is 18.9 Å². The highest BCUT2D eigenvalue weighted by molar-refractivity contribution is 5.41. The molecule has 0 saturated carbocycles. The molecule has 2 heterocycles. The highest BCUT2D eigenvalue weighted by Crippen LogP contribution is 2.32. The summed E-state index contributed by atoms with van der Waals surface area (Å²) < 4.78 is 23.5. The maximum absolute atomic E-state index is 6.16. The van der Waals surface area contributed by atoms with Gasteiger partial charge < -0.3 is 18.9 Å². The molecule has 5 nitrogen and oxygen atoms in total. The van der Waals surface area contributed by atoms with Crippen molar-refractivity contribution in [2.45, 2.75) is 51.7 Å². The van der Waals surface area contributed by atoms with Gasteiger partial charge in [-0.2, -0.15) is 0 Å². The fraction of sp³-hybridized carbons (Fsp3) is 0.714. The van der Waals surface area contributed by atoms with Crippen LogP contribution in [0, 0.1) is 0 Å². The molecular weight excluding hydrogens is 330 g/mol. The van der Waals surface area contributed by atoms with Crippen molar-refractivity contribution in [1.29, 1.82) is 0 Å². The quantitative estimate of drug-likeness (QED) is 0.705. The number of ether oxygens (including phenoxy) is 4. The first-order chi connectivity index (χ1) is 12.7. The monoisotopic (exact) mass is 363 g/mol. The van der Waals surface area contributed by atoms with Gasteiger partial charge in [0.25, 0.3) is 0 Å². The van der Waals surface area contributed by atoms with Crippen molar-refractivity contribution < 1.29 is 18.9 Å². The van der Waals surface area contributed by atoms with Crippen molar-refractivity contribution in [3.8, 4) is 11.5 Å². The minimum absolute atomic E-state index is 0.0227. The summed E-state index contributed by atoms with van der Waals surface area (Å²) in [6.07, 6.45) is 3.99. The van der Waals surface area contributed by atoms with Gasteiger partial charge in [-0.05, 0) is 18.9 Å². The number of hydrogen-bond acceptors (Lipinski definition) is 5. The maximum Gasteiger partial charge on any atom is 0.127 e. The van der Waals surface area contributed by atoms with E-state index in [1.165, 1.54) is 5.56 Å². The van der Waals surface area contributed by atoms with E-state index in [0.29, 0.717) is 0 Å². The van der Waals surface area contributed by atoms with E-state index in [0.717, 1.165) is 89.9 Å². The van der Waals surface area contributed by atoms with Crippen LogP contribution >= 0.6 is 0 Å². The van der Waals surface area contributed by atoms with Crippen LogP contribution in [0.25, 0.3) is 0 Å². The van der Waals surface area contributed by atoms with Gasteiger partial charge in [-0.15, -0.1) is 0 Å². The van der Waals surface area contributed by atoms with Crippen LogP contribution in [0.15, 0.2) is 18.2 Å². The number of morpholine rings is 1. The average Bonchev–Trinajstić information content (AvgIpc) is 2.66. The predicted octanol–water partition coefficient (Wildman–Crippen LogP) is 3.65. The summed E-state index contributed by atoms with van der Waals surface area (Å²) >= 11 is 0. The molecule has 5 heteroatoms. The second-order valence-electron chi connectivity index (χ2n) is 7.32. The van der Waals surface area contributed by atoms with Gasteiger partial charge in [-0.3, -0.25) is 4.90 Å². The molecule has 0 radical (unpaired) electrons. The lowest BCUT2D eigenvalue weighted by atomic mass is 9.92. The normalized spacial score (nSPS) is 20.2. The first-order valence-corrected chi connectivity index (χ1v) is 10.1. The van der Waals surface area contributed by atoms with Crippen LogP contribution in [0.1, 0.15) is 45.1 Å². The Labute approximate surface area is 157 Å². The Morgan fingerprint density at radius 3 is 2.58 bits per heavy atom. The largest absolute Gasteiger partial charge is 0.493 e. The van der Waals surface area contributed by atoms with Crippen molar-refractivity contribution in [3.63, 3.8) is 0 Å². The fourth-order valence-electron chi connectivity index (χ4n) is 3.67. The van der Waals surface area contributed by atoms with Crippen LogP contribution < -0.4 is 9.47 Å². The molecule has 0 amide bonds. The summed E-state index contributed by atoms with van der Waals surface area (Å²) in [6, 6.07) is 6.27. The maximum atomic E-state index is 6.16. The van der Waals surface area contributed by atoms with Crippen molar-refractivity contribution >= 4 is 0 Å². The second-order valence-corrected chi connectivity index (χ2v) is 7.32.